The highest BCUT2D eigenvalue weighted by molar-refractivity contribution is 7.18. The molecule has 2 N–H and O–H groups in total. The molecule has 104 valence electrons. The van der Waals surface area contributed by atoms with Crippen LogP contribution in [-0.4, -0.2) is 19.7 Å². The second-order valence-electron chi connectivity index (χ2n) is 4.73. The number of hydrogen-bond acceptors (Lipinski definition) is 5. The van der Waals surface area contributed by atoms with Crippen molar-refractivity contribution in [3.8, 4) is 0 Å². The Morgan fingerprint density at radius 3 is 2.95 bits per heavy atom. The van der Waals surface area contributed by atoms with Crippen molar-refractivity contribution in [1.29, 1.82) is 0 Å². The van der Waals surface area contributed by atoms with Crippen molar-refractivity contribution < 1.29 is 0 Å². The number of thiophene rings is 1. The lowest BCUT2D eigenvalue weighted by molar-refractivity contribution is 0.768. The summed E-state index contributed by atoms with van der Waals surface area (Å²) in [5, 5.41) is 7.97. The Bertz CT molecular complexity index is 829. The lowest BCUT2D eigenvalue weighted by Gasteiger charge is -2.03. The summed E-state index contributed by atoms with van der Waals surface area (Å²) in [6.45, 7) is 4.43. The van der Waals surface area contributed by atoms with Crippen LogP contribution in [-0.2, 0) is 13.6 Å². The zero-order valence-electron chi connectivity index (χ0n) is 11.5. The number of rotatable bonds is 3. The highest BCUT2D eigenvalue weighted by atomic mass is 32.1. The molecule has 6 nitrogen and oxygen atoms in total. The van der Waals surface area contributed by atoms with Gasteiger partial charge in [0.15, 0.2) is 0 Å². The minimum atomic E-state index is -0.0696. The molecule has 20 heavy (non-hydrogen) atoms. The molecule has 3 aromatic rings. The van der Waals surface area contributed by atoms with Crippen LogP contribution < -0.4 is 10.9 Å². The number of anilines is 1. The molecule has 0 bridgehead atoms. The van der Waals surface area contributed by atoms with Crippen LogP contribution >= 0.6 is 11.3 Å². The molecule has 0 unspecified atom stereocenters. The molecule has 3 rings (SSSR count). The average molecular weight is 289 g/mol. The molecule has 0 amide bonds. The van der Waals surface area contributed by atoms with E-state index in [1.54, 1.807) is 22.2 Å². The predicted molar refractivity (Wildman–Crippen MR) is 80.2 cm³/mol. The van der Waals surface area contributed by atoms with E-state index in [0.717, 1.165) is 21.0 Å². The van der Waals surface area contributed by atoms with Crippen molar-refractivity contribution in [3.63, 3.8) is 0 Å². The standard InChI is InChI=1S/C13H15N5OS/c1-7-8(2)20-13-11(7)12(19)16-10(17-13)5-14-9-4-15-18(3)6-9/h4,6,14H,5H2,1-3H3,(H,16,17,19). The first-order chi connectivity index (χ1) is 9.54. The van der Waals surface area contributed by atoms with Crippen LogP contribution in [0.15, 0.2) is 17.2 Å². The number of nitrogens with zero attached hydrogens (tertiary/aromatic N) is 3. The number of aromatic amines is 1. The number of aromatic nitrogens is 4. The van der Waals surface area contributed by atoms with Gasteiger partial charge in [-0.25, -0.2) is 4.98 Å². The molecule has 0 aromatic carbocycles. The maximum atomic E-state index is 12.1. The maximum absolute atomic E-state index is 12.1. The first-order valence-electron chi connectivity index (χ1n) is 6.26. The quantitative estimate of drug-likeness (QED) is 0.772. The lowest BCUT2D eigenvalue weighted by atomic mass is 10.2. The van der Waals surface area contributed by atoms with E-state index in [0.29, 0.717) is 17.8 Å². The van der Waals surface area contributed by atoms with Crippen LogP contribution in [0.5, 0.6) is 0 Å². The molecular formula is C13H15N5OS. The fourth-order valence-corrected chi connectivity index (χ4v) is 3.13. The van der Waals surface area contributed by atoms with Gasteiger partial charge in [0.25, 0.3) is 5.56 Å². The van der Waals surface area contributed by atoms with Crippen molar-refractivity contribution >= 4 is 27.2 Å². The molecule has 0 aliphatic rings. The van der Waals surface area contributed by atoms with E-state index < -0.39 is 0 Å². The Morgan fingerprint density at radius 1 is 1.45 bits per heavy atom. The number of aryl methyl sites for hydroxylation is 3. The summed E-state index contributed by atoms with van der Waals surface area (Å²) in [6, 6.07) is 0. The highest BCUT2D eigenvalue weighted by Gasteiger charge is 2.11. The monoisotopic (exact) mass is 289 g/mol. The zero-order chi connectivity index (χ0) is 14.3. The van der Waals surface area contributed by atoms with Crippen LogP contribution in [0.25, 0.3) is 10.2 Å². The first kappa shape index (κ1) is 12.9. The van der Waals surface area contributed by atoms with E-state index in [2.05, 4.69) is 20.4 Å². The normalized spacial score (nSPS) is 11.2. The number of hydrogen-bond donors (Lipinski definition) is 2. The summed E-state index contributed by atoms with van der Waals surface area (Å²) in [5.41, 5.74) is 1.85. The molecule has 0 aliphatic carbocycles. The van der Waals surface area contributed by atoms with Crippen molar-refractivity contribution in [2.24, 2.45) is 7.05 Å². The van der Waals surface area contributed by atoms with Gasteiger partial charge in [0.2, 0.25) is 0 Å². The van der Waals surface area contributed by atoms with Gasteiger partial charge in [0, 0.05) is 18.1 Å². The van der Waals surface area contributed by atoms with E-state index >= 15 is 0 Å². The summed E-state index contributed by atoms with van der Waals surface area (Å²) < 4.78 is 1.72. The van der Waals surface area contributed by atoms with Crippen LogP contribution in [0.1, 0.15) is 16.3 Å². The van der Waals surface area contributed by atoms with Gasteiger partial charge < -0.3 is 10.3 Å². The second-order valence-corrected chi connectivity index (χ2v) is 5.94. The third-order valence-electron chi connectivity index (χ3n) is 3.25. The number of H-pyrrole nitrogens is 1. The summed E-state index contributed by atoms with van der Waals surface area (Å²) in [5.74, 6) is 0.632. The molecule has 7 heteroatoms. The van der Waals surface area contributed by atoms with Crippen molar-refractivity contribution in [2.45, 2.75) is 20.4 Å². The fourth-order valence-electron chi connectivity index (χ4n) is 2.08. The minimum absolute atomic E-state index is 0.0696. The van der Waals surface area contributed by atoms with Gasteiger partial charge in [-0.05, 0) is 19.4 Å². The average Bonchev–Trinajstić information content (AvgIpc) is 2.92. The number of nitrogens with one attached hydrogen (secondary N) is 2. The van der Waals surface area contributed by atoms with E-state index in [4.69, 9.17) is 0 Å². The molecule has 0 radical (unpaired) electrons. The smallest absolute Gasteiger partial charge is 0.259 e. The van der Waals surface area contributed by atoms with Gasteiger partial charge in [0.05, 0.1) is 23.8 Å². The largest absolute Gasteiger partial charge is 0.375 e. The molecule has 0 saturated heterocycles. The van der Waals surface area contributed by atoms with Crippen LogP contribution in [0.4, 0.5) is 5.69 Å². The third kappa shape index (κ3) is 2.20. The van der Waals surface area contributed by atoms with Gasteiger partial charge in [-0.3, -0.25) is 9.48 Å². The molecule has 3 aromatic heterocycles. The summed E-state index contributed by atoms with van der Waals surface area (Å²) >= 11 is 1.56. The Hall–Kier alpha value is -2.15. The lowest BCUT2D eigenvalue weighted by Crippen LogP contribution is -2.14. The SMILES string of the molecule is Cc1sc2nc(CNc3cnn(C)c3)[nH]c(=O)c2c1C. The highest BCUT2D eigenvalue weighted by Crippen LogP contribution is 2.25. The molecule has 0 fully saturated rings. The minimum Gasteiger partial charge on any atom is -0.375 e. The fraction of sp³-hybridized carbons (Fsp3) is 0.308. The molecule has 0 atom stereocenters. The van der Waals surface area contributed by atoms with E-state index in [1.807, 2.05) is 27.1 Å². The van der Waals surface area contributed by atoms with E-state index in [9.17, 15) is 4.79 Å². The maximum Gasteiger partial charge on any atom is 0.259 e. The van der Waals surface area contributed by atoms with Gasteiger partial charge in [-0.1, -0.05) is 0 Å². The van der Waals surface area contributed by atoms with Crippen LogP contribution in [0, 0.1) is 13.8 Å². The van der Waals surface area contributed by atoms with Gasteiger partial charge in [0.1, 0.15) is 10.7 Å². The Morgan fingerprint density at radius 2 is 2.25 bits per heavy atom. The summed E-state index contributed by atoms with van der Waals surface area (Å²) in [4.78, 5) is 21.4. The molecular weight excluding hydrogens is 274 g/mol. The Kier molecular flexibility index (Phi) is 3.06. The predicted octanol–water partition coefficient (Wildman–Crippen LogP) is 1.95. The van der Waals surface area contributed by atoms with Crippen molar-refractivity contribution in [2.75, 3.05) is 5.32 Å². The Balaban J connectivity index is 1.91. The third-order valence-corrected chi connectivity index (χ3v) is 4.35. The summed E-state index contributed by atoms with van der Waals surface area (Å²) in [7, 11) is 1.86. The van der Waals surface area contributed by atoms with E-state index in [1.165, 1.54) is 0 Å². The first-order valence-corrected chi connectivity index (χ1v) is 7.07. The second kappa shape index (κ2) is 4.75. The topological polar surface area (TPSA) is 75.6 Å². The van der Waals surface area contributed by atoms with E-state index in [-0.39, 0.29) is 5.56 Å². The zero-order valence-corrected chi connectivity index (χ0v) is 12.3. The van der Waals surface area contributed by atoms with Crippen molar-refractivity contribution in [1.82, 2.24) is 19.7 Å². The van der Waals surface area contributed by atoms with Crippen LogP contribution in [0.3, 0.4) is 0 Å². The molecule has 0 aliphatic heterocycles. The van der Waals surface area contributed by atoms with Gasteiger partial charge in [-0.15, -0.1) is 11.3 Å². The van der Waals surface area contributed by atoms with Crippen LogP contribution in [0.2, 0.25) is 0 Å². The number of fused-ring (bicyclic) bond motifs is 1. The van der Waals surface area contributed by atoms with Gasteiger partial charge >= 0.3 is 0 Å². The van der Waals surface area contributed by atoms with Gasteiger partial charge in [-0.2, -0.15) is 5.10 Å². The molecule has 3 heterocycles. The molecule has 0 spiro atoms. The summed E-state index contributed by atoms with van der Waals surface area (Å²) in [6.07, 6.45) is 3.60. The Labute approximate surface area is 119 Å². The molecule has 0 saturated carbocycles. The van der Waals surface area contributed by atoms with Crippen molar-refractivity contribution in [3.05, 3.63) is 39.0 Å².